The Labute approximate surface area is 142 Å². The number of aliphatic carboxylic acids is 1. The molecule has 0 spiro atoms. The van der Waals surface area contributed by atoms with Crippen molar-refractivity contribution < 1.29 is 28.6 Å². The lowest BCUT2D eigenvalue weighted by Gasteiger charge is -2.24. The van der Waals surface area contributed by atoms with Crippen molar-refractivity contribution in [3.8, 4) is 0 Å². The Morgan fingerprint density at radius 3 is 2.60 bits per heavy atom. The van der Waals surface area contributed by atoms with E-state index in [0.29, 0.717) is 16.5 Å². The number of rotatable bonds is 6. The maximum atomic E-state index is 11.9. The van der Waals surface area contributed by atoms with Gasteiger partial charge in [-0.1, -0.05) is 18.2 Å². The molecule has 0 bridgehead atoms. The largest absolute Gasteiger partial charge is 0.481 e. The average molecular weight is 347 g/mol. The van der Waals surface area contributed by atoms with Crippen molar-refractivity contribution in [1.29, 1.82) is 0 Å². The highest BCUT2D eigenvalue weighted by atomic mass is 16.5. The van der Waals surface area contributed by atoms with E-state index in [9.17, 15) is 19.2 Å². The molecule has 0 saturated carbocycles. The van der Waals surface area contributed by atoms with Crippen molar-refractivity contribution in [3.63, 3.8) is 0 Å². The van der Waals surface area contributed by atoms with Gasteiger partial charge in [0.15, 0.2) is 0 Å². The van der Waals surface area contributed by atoms with Crippen LogP contribution in [0.2, 0.25) is 0 Å². The third kappa shape index (κ3) is 4.66. The van der Waals surface area contributed by atoms with Crippen LogP contribution in [0.3, 0.4) is 0 Å². The van der Waals surface area contributed by atoms with Crippen molar-refractivity contribution in [2.45, 2.75) is 19.4 Å². The van der Waals surface area contributed by atoms with Crippen molar-refractivity contribution in [1.82, 2.24) is 4.90 Å². The van der Waals surface area contributed by atoms with Crippen molar-refractivity contribution >= 4 is 28.8 Å². The molecule has 1 N–H and O–H groups in total. The van der Waals surface area contributed by atoms with Crippen LogP contribution < -0.4 is 5.63 Å². The molecular weight excluding hydrogens is 330 g/mol. The van der Waals surface area contributed by atoms with E-state index in [4.69, 9.17) is 14.3 Å². The van der Waals surface area contributed by atoms with Gasteiger partial charge in [-0.05, 0) is 6.07 Å². The topological polar surface area (TPSA) is 114 Å². The number of likely N-dealkylation sites (N-methyl/N-ethyl adjacent to an activating group) is 1. The number of fused-ring (bicyclic) bond motifs is 1. The van der Waals surface area contributed by atoms with Crippen LogP contribution in [-0.2, 0) is 19.1 Å². The van der Waals surface area contributed by atoms with Crippen molar-refractivity contribution in [2.75, 3.05) is 13.6 Å². The lowest BCUT2D eigenvalue weighted by atomic mass is 10.0. The number of carbonyl (C=O) groups excluding carboxylic acids is 2. The minimum absolute atomic E-state index is 0.0981. The Morgan fingerprint density at radius 2 is 1.96 bits per heavy atom. The van der Waals surface area contributed by atoms with Crippen LogP contribution in [0.4, 0.5) is 0 Å². The van der Waals surface area contributed by atoms with Gasteiger partial charge < -0.3 is 19.2 Å². The van der Waals surface area contributed by atoms with Crippen LogP contribution in [0, 0.1) is 0 Å². The van der Waals surface area contributed by atoms with E-state index in [2.05, 4.69) is 0 Å². The molecule has 2 rings (SSSR count). The number of esters is 1. The second kappa shape index (κ2) is 7.61. The van der Waals surface area contributed by atoms with Crippen LogP contribution in [0.25, 0.3) is 11.0 Å². The van der Waals surface area contributed by atoms with E-state index < -0.39 is 36.0 Å². The van der Waals surface area contributed by atoms with Gasteiger partial charge in [0.25, 0.3) is 0 Å². The minimum Gasteiger partial charge on any atom is -0.481 e. The maximum absolute atomic E-state index is 11.9. The Hall–Kier alpha value is -3.16. The number of hydrogen-bond acceptors (Lipinski definition) is 6. The van der Waals surface area contributed by atoms with Crippen molar-refractivity contribution in [3.05, 3.63) is 46.3 Å². The smallest absolute Gasteiger partial charge is 0.336 e. The first-order valence-corrected chi connectivity index (χ1v) is 7.43. The first-order valence-electron chi connectivity index (χ1n) is 7.43. The Bertz CT molecular complexity index is 871. The lowest BCUT2D eigenvalue weighted by molar-refractivity contribution is -0.151. The van der Waals surface area contributed by atoms with Gasteiger partial charge in [0.05, 0.1) is 6.54 Å². The monoisotopic (exact) mass is 347 g/mol. The lowest BCUT2D eigenvalue weighted by Crippen LogP contribution is -2.34. The summed E-state index contributed by atoms with van der Waals surface area (Å²) in [6.45, 7) is 1.11. The molecule has 132 valence electrons. The zero-order valence-electron chi connectivity index (χ0n) is 13.7. The van der Waals surface area contributed by atoms with Gasteiger partial charge in [-0.3, -0.25) is 14.4 Å². The Balaban J connectivity index is 2.41. The van der Waals surface area contributed by atoms with Crippen molar-refractivity contribution in [2.24, 2.45) is 0 Å². The molecule has 1 heterocycles. The highest BCUT2D eigenvalue weighted by Crippen LogP contribution is 2.26. The summed E-state index contributed by atoms with van der Waals surface area (Å²) in [5.41, 5.74) is 0.0871. The number of para-hydroxylation sites is 1. The number of benzene rings is 1. The van der Waals surface area contributed by atoms with Crippen LogP contribution in [0.1, 0.15) is 25.0 Å². The molecule has 1 aromatic heterocycles. The van der Waals surface area contributed by atoms with E-state index in [0.717, 1.165) is 4.90 Å². The zero-order valence-corrected chi connectivity index (χ0v) is 13.7. The fourth-order valence-electron chi connectivity index (χ4n) is 2.42. The van der Waals surface area contributed by atoms with Gasteiger partial charge in [0.1, 0.15) is 18.1 Å². The highest BCUT2D eigenvalue weighted by molar-refractivity contribution is 5.93. The number of amides is 1. The first kappa shape index (κ1) is 18.2. The zero-order chi connectivity index (χ0) is 18.6. The molecule has 1 aromatic carbocycles. The molecule has 0 fully saturated rings. The summed E-state index contributed by atoms with van der Waals surface area (Å²) in [5.74, 6) is -2.50. The summed E-state index contributed by atoms with van der Waals surface area (Å²) >= 11 is 0. The summed E-state index contributed by atoms with van der Waals surface area (Å²) in [6, 6.07) is 7.92. The Kier molecular flexibility index (Phi) is 5.53. The molecule has 8 nitrogen and oxygen atoms in total. The Morgan fingerprint density at radius 1 is 1.28 bits per heavy atom. The molecular formula is C17H17NO7. The SMILES string of the molecule is CC(=O)OC(CN(C)C(=O)CC(=O)O)c1cc(=O)oc2ccccc12. The molecule has 1 atom stereocenters. The van der Waals surface area contributed by atoms with E-state index in [1.54, 1.807) is 24.3 Å². The van der Waals surface area contributed by atoms with Gasteiger partial charge in [-0.25, -0.2) is 4.79 Å². The van der Waals surface area contributed by atoms with Crippen LogP contribution in [-0.4, -0.2) is 41.4 Å². The second-order valence-corrected chi connectivity index (χ2v) is 5.46. The molecule has 0 aliphatic carbocycles. The summed E-state index contributed by atoms with van der Waals surface area (Å²) in [6.07, 6.45) is -1.62. The standard InChI is InChI=1S/C17H17NO7/c1-10(19)24-14(9-18(2)15(20)8-16(21)22)12-7-17(23)25-13-6-4-3-5-11(12)13/h3-7,14H,8-9H2,1-2H3,(H,21,22). The maximum Gasteiger partial charge on any atom is 0.336 e. The van der Waals surface area contributed by atoms with Crippen LogP contribution >= 0.6 is 0 Å². The number of ether oxygens (including phenoxy) is 1. The van der Waals surface area contributed by atoms with E-state index in [1.165, 1.54) is 20.0 Å². The van der Waals surface area contributed by atoms with Gasteiger partial charge >= 0.3 is 17.6 Å². The molecule has 2 aromatic rings. The third-order valence-electron chi connectivity index (χ3n) is 3.50. The number of hydrogen-bond donors (Lipinski definition) is 1. The molecule has 1 unspecified atom stereocenters. The number of carbonyl (C=O) groups is 3. The van der Waals surface area contributed by atoms with Gasteiger partial charge in [-0.15, -0.1) is 0 Å². The van der Waals surface area contributed by atoms with Gasteiger partial charge in [0, 0.05) is 31.0 Å². The quantitative estimate of drug-likeness (QED) is 0.476. The normalized spacial score (nSPS) is 11.8. The van der Waals surface area contributed by atoms with E-state index >= 15 is 0 Å². The fourth-order valence-corrected chi connectivity index (χ4v) is 2.42. The molecule has 1 amide bonds. The number of carboxylic acid groups (broad SMARTS) is 1. The second-order valence-electron chi connectivity index (χ2n) is 5.46. The number of carboxylic acids is 1. The van der Waals surface area contributed by atoms with Gasteiger partial charge in [0.2, 0.25) is 5.91 Å². The summed E-state index contributed by atoms with van der Waals surface area (Å²) in [5, 5.41) is 9.28. The summed E-state index contributed by atoms with van der Waals surface area (Å²) < 4.78 is 10.4. The van der Waals surface area contributed by atoms with E-state index in [-0.39, 0.29) is 6.54 Å². The third-order valence-corrected chi connectivity index (χ3v) is 3.50. The van der Waals surface area contributed by atoms with Gasteiger partial charge in [-0.2, -0.15) is 0 Å². The van der Waals surface area contributed by atoms with Crippen LogP contribution in [0.15, 0.2) is 39.5 Å². The van der Waals surface area contributed by atoms with Crippen LogP contribution in [0.5, 0.6) is 0 Å². The highest BCUT2D eigenvalue weighted by Gasteiger charge is 2.24. The predicted octanol–water partition coefficient (Wildman–Crippen LogP) is 1.33. The molecule has 25 heavy (non-hydrogen) atoms. The summed E-state index contributed by atoms with van der Waals surface area (Å²) in [4.78, 5) is 46.9. The molecule has 0 saturated heterocycles. The molecule has 8 heteroatoms. The number of nitrogens with zero attached hydrogens (tertiary/aromatic N) is 1. The minimum atomic E-state index is -1.26. The molecule has 0 aliphatic rings. The van der Waals surface area contributed by atoms with E-state index in [1.807, 2.05) is 0 Å². The average Bonchev–Trinajstić information content (AvgIpc) is 2.52. The first-order chi connectivity index (χ1) is 11.8. The fraction of sp³-hybridized carbons (Fsp3) is 0.294. The molecule has 0 aliphatic heterocycles. The summed E-state index contributed by atoms with van der Waals surface area (Å²) in [7, 11) is 1.40. The predicted molar refractivity (Wildman–Crippen MR) is 86.9 cm³/mol. The molecule has 0 radical (unpaired) electrons.